The lowest BCUT2D eigenvalue weighted by Gasteiger charge is -2.13. The first-order chi connectivity index (χ1) is 31.2. The number of fused-ring (bicyclic) bond motifs is 6. The summed E-state index contributed by atoms with van der Waals surface area (Å²) in [6.07, 6.45) is 11.5. The molecule has 0 aliphatic heterocycles. The fourth-order valence-electron chi connectivity index (χ4n) is 9.37. The number of hydrogen-bond acceptors (Lipinski definition) is 1. The van der Waals surface area contributed by atoms with Crippen molar-refractivity contribution >= 4 is 56.2 Å². The minimum Gasteiger partial charge on any atom is -0.309 e. The standard InChI is InChI=1S/C59H44N4/c1-60-59(61-53(43-19-7-3-8-20-43)38-31-41-17-5-2-6-18-41)46-22-15-21-45(39-46)49-27-16-30-56-58(49)52-26-12-14-29-55(52)62(56)48-35-32-42(33-36-48)44-34-37-51-50-25-11-13-28-54(50)63(57(51)40-44)47-23-9-4-10-24-47/h2-7,9-19,21-30,32-40H,1,8,20,31H2/b53-38-,61-59-. The maximum absolute atomic E-state index is 5.21. The number of hydrogen-bond donors (Lipinski definition) is 0. The Hall–Kier alpha value is -8.08. The molecule has 0 radical (unpaired) electrons. The number of benzene rings is 8. The van der Waals surface area contributed by atoms with Crippen molar-refractivity contribution in [3.05, 3.63) is 241 Å². The highest BCUT2D eigenvalue weighted by Gasteiger charge is 2.18. The smallest absolute Gasteiger partial charge is 0.159 e. The zero-order valence-electron chi connectivity index (χ0n) is 34.9. The molecule has 0 bridgehead atoms. The van der Waals surface area contributed by atoms with Gasteiger partial charge in [-0.25, -0.2) is 9.98 Å². The van der Waals surface area contributed by atoms with E-state index in [2.05, 4.69) is 239 Å². The number of nitrogens with zero attached hydrogens (tertiary/aromatic N) is 4. The molecule has 2 heterocycles. The molecule has 4 nitrogen and oxygen atoms in total. The van der Waals surface area contributed by atoms with Gasteiger partial charge >= 0.3 is 0 Å². The first-order valence-electron chi connectivity index (χ1n) is 21.7. The first kappa shape index (κ1) is 37.9. The van der Waals surface area contributed by atoms with Gasteiger partial charge in [-0.15, -0.1) is 0 Å². The maximum Gasteiger partial charge on any atom is 0.159 e. The fourth-order valence-corrected chi connectivity index (χ4v) is 9.37. The van der Waals surface area contributed by atoms with Crippen LogP contribution in [-0.2, 0) is 6.42 Å². The predicted molar refractivity (Wildman–Crippen MR) is 267 cm³/mol. The zero-order valence-corrected chi connectivity index (χ0v) is 34.9. The molecule has 0 fully saturated rings. The summed E-state index contributed by atoms with van der Waals surface area (Å²) in [5, 5.41) is 4.92. The van der Waals surface area contributed by atoms with Gasteiger partial charge in [0.05, 0.1) is 27.8 Å². The molecule has 2 aromatic heterocycles. The van der Waals surface area contributed by atoms with E-state index in [1.165, 1.54) is 54.8 Å². The van der Waals surface area contributed by atoms with E-state index in [-0.39, 0.29) is 0 Å². The van der Waals surface area contributed by atoms with E-state index in [1.807, 2.05) is 0 Å². The minimum atomic E-state index is 0.613. The lowest BCUT2D eigenvalue weighted by molar-refractivity contribution is 0.956. The molecule has 300 valence electrons. The van der Waals surface area contributed by atoms with Crippen LogP contribution in [0.3, 0.4) is 0 Å². The Morgan fingerprint density at radius 3 is 1.97 bits per heavy atom. The third-order valence-corrected chi connectivity index (χ3v) is 12.4. The molecular weight excluding hydrogens is 765 g/mol. The van der Waals surface area contributed by atoms with E-state index in [0.717, 1.165) is 64.1 Å². The van der Waals surface area contributed by atoms with E-state index in [0.29, 0.717) is 5.84 Å². The number of aromatic nitrogens is 2. The number of para-hydroxylation sites is 3. The van der Waals surface area contributed by atoms with E-state index >= 15 is 0 Å². The highest BCUT2D eigenvalue weighted by molar-refractivity contribution is 6.16. The van der Waals surface area contributed by atoms with Crippen molar-refractivity contribution in [3.63, 3.8) is 0 Å². The van der Waals surface area contributed by atoms with E-state index in [9.17, 15) is 0 Å². The molecule has 0 unspecified atom stereocenters. The summed E-state index contributed by atoms with van der Waals surface area (Å²) >= 11 is 0. The predicted octanol–water partition coefficient (Wildman–Crippen LogP) is 15.1. The molecule has 10 aromatic rings. The van der Waals surface area contributed by atoms with Crippen LogP contribution in [0.25, 0.3) is 77.2 Å². The quantitative estimate of drug-likeness (QED) is 0.103. The summed E-state index contributed by atoms with van der Waals surface area (Å²) in [5.41, 5.74) is 15.9. The number of amidine groups is 1. The Kier molecular flexibility index (Phi) is 9.87. The van der Waals surface area contributed by atoms with Crippen LogP contribution in [0.5, 0.6) is 0 Å². The molecular formula is C59H44N4. The topological polar surface area (TPSA) is 34.6 Å². The third kappa shape index (κ3) is 7.02. The van der Waals surface area contributed by atoms with Gasteiger partial charge in [0.15, 0.2) is 5.84 Å². The average molecular weight is 809 g/mol. The second kappa shape index (κ2) is 16.4. The monoisotopic (exact) mass is 808 g/mol. The molecule has 0 saturated heterocycles. The van der Waals surface area contributed by atoms with Gasteiger partial charge in [0.2, 0.25) is 0 Å². The van der Waals surface area contributed by atoms with Crippen molar-refractivity contribution in [2.24, 2.45) is 9.98 Å². The van der Waals surface area contributed by atoms with Crippen LogP contribution in [0.2, 0.25) is 0 Å². The Balaban J connectivity index is 0.975. The summed E-state index contributed by atoms with van der Waals surface area (Å²) in [7, 11) is 0. The Morgan fingerprint density at radius 2 is 1.19 bits per heavy atom. The second-order valence-electron chi connectivity index (χ2n) is 16.1. The van der Waals surface area contributed by atoms with Crippen molar-refractivity contribution in [2.45, 2.75) is 19.3 Å². The lowest BCUT2D eigenvalue weighted by Crippen LogP contribution is -2.01. The summed E-state index contributed by atoms with van der Waals surface area (Å²) in [6.45, 7) is 4.00. The fraction of sp³-hybridized carbons (Fsp3) is 0.0508. The van der Waals surface area contributed by atoms with Gasteiger partial charge in [-0.1, -0.05) is 164 Å². The van der Waals surface area contributed by atoms with Gasteiger partial charge in [-0.2, -0.15) is 0 Å². The van der Waals surface area contributed by atoms with Crippen LogP contribution in [0.4, 0.5) is 0 Å². The highest BCUT2D eigenvalue weighted by Crippen LogP contribution is 2.40. The van der Waals surface area contributed by atoms with Gasteiger partial charge in [-0.05, 0) is 114 Å². The van der Waals surface area contributed by atoms with E-state index in [1.54, 1.807) is 0 Å². The average Bonchev–Trinajstić information content (AvgIpc) is 3.88. The van der Waals surface area contributed by atoms with Crippen molar-refractivity contribution in [3.8, 4) is 33.6 Å². The second-order valence-corrected chi connectivity index (χ2v) is 16.1. The molecule has 63 heavy (non-hydrogen) atoms. The van der Waals surface area contributed by atoms with Crippen LogP contribution in [0.1, 0.15) is 24.0 Å². The van der Waals surface area contributed by atoms with Crippen LogP contribution >= 0.6 is 0 Å². The third-order valence-electron chi connectivity index (χ3n) is 12.4. The molecule has 11 rings (SSSR count). The molecule has 0 spiro atoms. The van der Waals surface area contributed by atoms with Gasteiger partial charge < -0.3 is 9.13 Å². The largest absolute Gasteiger partial charge is 0.309 e. The molecule has 8 aromatic carbocycles. The molecule has 4 heteroatoms. The summed E-state index contributed by atoms with van der Waals surface area (Å²) in [5.74, 6) is 0.613. The van der Waals surface area contributed by atoms with Gasteiger partial charge in [0.1, 0.15) is 0 Å². The van der Waals surface area contributed by atoms with Crippen LogP contribution in [-0.4, -0.2) is 21.7 Å². The maximum atomic E-state index is 5.21. The van der Waals surface area contributed by atoms with Crippen LogP contribution < -0.4 is 0 Å². The van der Waals surface area contributed by atoms with Crippen LogP contribution in [0, 0.1) is 0 Å². The van der Waals surface area contributed by atoms with Gasteiger partial charge in [-0.3, -0.25) is 0 Å². The normalized spacial score (nSPS) is 13.3. The summed E-state index contributed by atoms with van der Waals surface area (Å²) in [6, 6.07) is 69.7. The molecule has 0 saturated carbocycles. The van der Waals surface area contributed by atoms with Crippen molar-refractivity contribution in [2.75, 3.05) is 0 Å². The Bertz CT molecular complexity index is 3470. The molecule has 0 amide bonds. The molecule has 0 atom stereocenters. The Morgan fingerprint density at radius 1 is 0.540 bits per heavy atom. The van der Waals surface area contributed by atoms with E-state index in [4.69, 9.17) is 4.99 Å². The zero-order chi connectivity index (χ0) is 42.1. The lowest BCUT2D eigenvalue weighted by atomic mass is 9.97. The SMILES string of the molecule is C=N/C(=N\C(=C/Cc1ccccc1)C1=CC=CCC1)c1cccc(-c2cccc3c2c2ccccc2n3-c2ccc(-c3ccc4c5ccccc5n(-c5ccccc5)c4c3)cc2)c1. The summed E-state index contributed by atoms with van der Waals surface area (Å²) < 4.78 is 4.77. The minimum absolute atomic E-state index is 0.613. The Labute approximate surface area is 367 Å². The first-order valence-corrected chi connectivity index (χ1v) is 21.7. The number of aliphatic imine (C=N–C) groups is 2. The molecule has 1 aliphatic carbocycles. The van der Waals surface area contributed by atoms with Crippen LogP contribution in [0.15, 0.2) is 240 Å². The van der Waals surface area contributed by atoms with Gasteiger partial charge in [0, 0.05) is 38.5 Å². The number of allylic oxidation sites excluding steroid dienone is 5. The molecule has 1 aliphatic rings. The van der Waals surface area contributed by atoms with Crippen molar-refractivity contribution < 1.29 is 0 Å². The number of rotatable bonds is 9. The van der Waals surface area contributed by atoms with Gasteiger partial charge in [0.25, 0.3) is 0 Å². The highest BCUT2D eigenvalue weighted by atomic mass is 15.0. The van der Waals surface area contributed by atoms with Crippen molar-refractivity contribution in [1.82, 2.24) is 9.13 Å². The van der Waals surface area contributed by atoms with Crippen molar-refractivity contribution in [1.29, 1.82) is 0 Å². The van der Waals surface area contributed by atoms with E-state index < -0.39 is 0 Å². The molecule has 0 N–H and O–H groups in total. The summed E-state index contributed by atoms with van der Waals surface area (Å²) in [4.78, 5) is 9.73.